The lowest BCUT2D eigenvalue weighted by Gasteiger charge is -2.15. The Hall–Kier alpha value is -2.91. The monoisotopic (exact) mass is 410 g/mol. The van der Waals surface area contributed by atoms with Crippen LogP contribution in [0.25, 0.3) is 0 Å². The minimum Gasteiger partial charge on any atom is -0.457 e. The molecule has 29 heavy (non-hydrogen) atoms. The number of hydrogen-bond acceptors (Lipinski definition) is 1. The van der Waals surface area contributed by atoms with E-state index in [-0.39, 0.29) is 12.8 Å². The predicted molar refractivity (Wildman–Crippen MR) is 115 cm³/mol. The highest BCUT2D eigenvalue weighted by Crippen LogP contribution is 2.34. The summed E-state index contributed by atoms with van der Waals surface area (Å²) in [6.07, 6.45) is 1.72. The highest BCUT2D eigenvalue weighted by atomic mass is 35.5. The Morgan fingerprint density at radius 1 is 0.931 bits per heavy atom. The van der Waals surface area contributed by atoms with Gasteiger partial charge in [-0.1, -0.05) is 60.1 Å². The molecule has 0 saturated carbocycles. The SMILES string of the molecule is C=CCC(C(F)=C(F)Cc1cccc(Oc2ccccc2)c1)c1ccc(Cl)cc1. The highest BCUT2D eigenvalue weighted by Gasteiger charge is 2.20. The maximum absolute atomic E-state index is 15.0. The zero-order chi connectivity index (χ0) is 20.6. The first-order chi connectivity index (χ1) is 14.1. The largest absolute Gasteiger partial charge is 0.457 e. The smallest absolute Gasteiger partial charge is 0.139 e. The van der Waals surface area contributed by atoms with E-state index in [9.17, 15) is 8.78 Å². The highest BCUT2D eigenvalue weighted by molar-refractivity contribution is 6.30. The molecule has 4 heteroatoms. The first-order valence-corrected chi connectivity index (χ1v) is 9.67. The van der Waals surface area contributed by atoms with Crippen molar-refractivity contribution in [2.24, 2.45) is 0 Å². The van der Waals surface area contributed by atoms with E-state index >= 15 is 0 Å². The summed E-state index contributed by atoms with van der Waals surface area (Å²) in [5, 5.41) is 0.547. The van der Waals surface area contributed by atoms with Crippen LogP contribution in [0, 0.1) is 0 Å². The van der Waals surface area contributed by atoms with E-state index < -0.39 is 17.6 Å². The molecule has 0 heterocycles. The van der Waals surface area contributed by atoms with Crippen LogP contribution in [0.4, 0.5) is 8.78 Å². The van der Waals surface area contributed by atoms with Crippen LogP contribution in [-0.4, -0.2) is 0 Å². The Morgan fingerprint density at radius 2 is 1.62 bits per heavy atom. The summed E-state index contributed by atoms with van der Waals surface area (Å²) >= 11 is 5.90. The van der Waals surface area contributed by atoms with Gasteiger partial charge in [0.15, 0.2) is 0 Å². The van der Waals surface area contributed by atoms with E-state index in [0.717, 1.165) is 0 Å². The van der Waals surface area contributed by atoms with Gasteiger partial charge in [-0.05, 0) is 53.9 Å². The fourth-order valence-corrected chi connectivity index (χ4v) is 3.17. The van der Waals surface area contributed by atoms with Gasteiger partial charge in [0.05, 0.1) is 0 Å². The Bertz CT molecular complexity index is 981. The topological polar surface area (TPSA) is 9.23 Å². The number of rotatable bonds is 8. The summed E-state index contributed by atoms with van der Waals surface area (Å²) in [6.45, 7) is 3.67. The molecule has 0 aliphatic rings. The van der Waals surface area contributed by atoms with Gasteiger partial charge in [0, 0.05) is 17.4 Å². The lowest BCUT2D eigenvalue weighted by Crippen LogP contribution is -2.02. The minimum atomic E-state index is -0.802. The van der Waals surface area contributed by atoms with Crippen molar-refractivity contribution >= 4 is 11.6 Å². The summed E-state index contributed by atoms with van der Waals surface area (Å²) < 4.78 is 35.5. The summed E-state index contributed by atoms with van der Waals surface area (Å²) in [5.41, 5.74) is 1.28. The molecule has 0 fully saturated rings. The molecule has 3 aromatic carbocycles. The van der Waals surface area contributed by atoms with Crippen LogP contribution in [0.5, 0.6) is 11.5 Å². The summed E-state index contributed by atoms with van der Waals surface area (Å²) in [4.78, 5) is 0. The van der Waals surface area contributed by atoms with Crippen molar-refractivity contribution in [3.05, 3.63) is 119 Å². The second-order valence-electron chi connectivity index (χ2n) is 6.62. The van der Waals surface area contributed by atoms with Gasteiger partial charge in [-0.15, -0.1) is 6.58 Å². The van der Waals surface area contributed by atoms with Crippen LogP contribution in [0.3, 0.4) is 0 Å². The minimum absolute atomic E-state index is 0.154. The molecular weight excluding hydrogens is 390 g/mol. The van der Waals surface area contributed by atoms with Crippen molar-refractivity contribution in [1.29, 1.82) is 0 Å². The molecule has 0 spiro atoms. The molecule has 0 radical (unpaired) electrons. The Labute approximate surface area is 174 Å². The van der Waals surface area contributed by atoms with E-state index in [4.69, 9.17) is 16.3 Å². The van der Waals surface area contributed by atoms with Crippen LogP contribution < -0.4 is 4.74 Å². The fraction of sp³-hybridized carbons (Fsp3) is 0.120. The Balaban J connectivity index is 1.80. The van der Waals surface area contributed by atoms with Gasteiger partial charge in [-0.2, -0.15) is 0 Å². The molecule has 148 valence electrons. The van der Waals surface area contributed by atoms with Crippen LogP contribution in [0.1, 0.15) is 23.5 Å². The van der Waals surface area contributed by atoms with Crippen molar-refractivity contribution in [1.82, 2.24) is 0 Å². The molecule has 0 aliphatic heterocycles. The van der Waals surface area contributed by atoms with E-state index in [1.165, 1.54) is 0 Å². The molecule has 0 amide bonds. The van der Waals surface area contributed by atoms with E-state index in [0.29, 0.717) is 27.6 Å². The van der Waals surface area contributed by atoms with Crippen LogP contribution in [-0.2, 0) is 6.42 Å². The molecule has 1 atom stereocenters. The maximum Gasteiger partial charge on any atom is 0.139 e. The first kappa shape index (κ1) is 20.8. The van der Waals surface area contributed by atoms with E-state index in [1.807, 2.05) is 30.3 Å². The number of para-hydroxylation sites is 1. The zero-order valence-electron chi connectivity index (χ0n) is 15.8. The van der Waals surface area contributed by atoms with E-state index in [1.54, 1.807) is 54.6 Å². The molecule has 0 saturated heterocycles. The Morgan fingerprint density at radius 3 is 2.31 bits per heavy atom. The Kier molecular flexibility index (Phi) is 7.20. The molecular formula is C25H21ClF2O. The van der Waals surface area contributed by atoms with Crippen molar-refractivity contribution in [2.75, 3.05) is 0 Å². The molecule has 0 aromatic heterocycles. The molecule has 3 rings (SSSR count). The van der Waals surface area contributed by atoms with Crippen molar-refractivity contribution in [3.63, 3.8) is 0 Å². The third-order valence-corrected chi connectivity index (χ3v) is 4.73. The van der Waals surface area contributed by atoms with Gasteiger partial charge in [0.25, 0.3) is 0 Å². The van der Waals surface area contributed by atoms with Gasteiger partial charge in [0.2, 0.25) is 0 Å². The van der Waals surface area contributed by atoms with Gasteiger partial charge in [-0.3, -0.25) is 0 Å². The number of hydrogen-bond donors (Lipinski definition) is 0. The normalized spacial score (nSPS) is 12.8. The second kappa shape index (κ2) is 10.0. The van der Waals surface area contributed by atoms with Gasteiger partial charge >= 0.3 is 0 Å². The van der Waals surface area contributed by atoms with E-state index in [2.05, 4.69) is 6.58 Å². The standard InChI is InChI=1S/C25H21ClF2O/c1-2-7-23(19-12-14-20(26)15-13-19)25(28)24(27)17-18-8-6-11-22(16-18)29-21-9-4-3-5-10-21/h2-6,8-16,23H,1,7,17H2. The number of benzene rings is 3. The molecule has 1 nitrogen and oxygen atoms in total. The number of allylic oxidation sites excluding steroid dienone is 3. The average molecular weight is 411 g/mol. The first-order valence-electron chi connectivity index (χ1n) is 9.29. The van der Waals surface area contributed by atoms with Crippen LogP contribution in [0.2, 0.25) is 5.02 Å². The van der Waals surface area contributed by atoms with Crippen molar-refractivity contribution in [3.8, 4) is 11.5 Å². The van der Waals surface area contributed by atoms with Crippen LogP contribution in [0.15, 0.2) is 103 Å². The van der Waals surface area contributed by atoms with Gasteiger partial charge < -0.3 is 4.74 Å². The van der Waals surface area contributed by atoms with Crippen LogP contribution >= 0.6 is 11.6 Å². The van der Waals surface area contributed by atoms with Gasteiger partial charge in [-0.25, -0.2) is 8.78 Å². The lowest BCUT2D eigenvalue weighted by atomic mass is 9.93. The predicted octanol–water partition coefficient (Wildman–Crippen LogP) is 8.19. The summed E-state index contributed by atoms with van der Waals surface area (Å²) in [7, 11) is 0. The third kappa shape index (κ3) is 5.78. The maximum atomic E-state index is 15.0. The van der Waals surface area contributed by atoms with Gasteiger partial charge in [0.1, 0.15) is 23.2 Å². The number of halogens is 3. The summed E-state index contributed by atoms with van der Waals surface area (Å²) in [6, 6.07) is 23.0. The summed E-state index contributed by atoms with van der Waals surface area (Å²) in [5.74, 6) is -1.07. The fourth-order valence-electron chi connectivity index (χ4n) is 3.04. The lowest BCUT2D eigenvalue weighted by molar-refractivity contribution is 0.469. The molecule has 0 aliphatic carbocycles. The quantitative estimate of drug-likeness (QED) is 0.340. The second-order valence-corrected chi connectivity index (χ2v) is 7.06. The molecule has 0 bridgehead atoms. The average Bonchev–Trinajstić information content (AvgIpc) is 2.73. The van der Waals surface area contributed by atoms with Crippen molar-refractivity contribution < 1.29 is 13.5 Å². The molecule has 3 aromatic rings. The molecule has 1 unspecified atom stereocenters. The van der Waals surface area contributed by atoms with Crippen molar-refractivity contribution in [2.45, 2.75) is 18.8 Å². The number of ether oxygens (including phenoxy) is 1. The molecule has 0 N–H and O–H groups in total. The third-order valence-electron chi connectivity index (χ3n) is 4.48. The zero-order valence-corrected chi connectivity index (χ0v) is 16.6.